The van der Waals surface area contributed by atoms with E-state index < -0.39 is 0 Å². The van der Waals surface area contributed by atoms with Gasteiger partial charge in [-0.05, 0) is 42.8 Å². The topological polar surface area (TPSA) is 72.0 Å². The first-order chi connectivity index (χ1) is 15.4. The molecule has 0 saturated heterocycles. The Morgan fingerprint density at radius 1 is 1.19 bits per heavy atom. The molecule has 0 radical (unpaired) electrons. The zero-order valence-corrected chi connectivity index (χ0v) is 19.3. The molecule has 6 nitrogen and oxygen atoms in total. The molecule has 2 heterocycles. The van der Waals surface area contributed by atoms with Crippen molar-refractivity contribution in [3.8, 4) is 5.75 Å². The zero-order valence-electron chi connectivity index (χ0n) is 17.5. The molecule has 0 bridgehead atoms. The lowest BCUT2D eigenvalue weighted by molar-refractivity contribution is 0.0606. The van der Waals surface area contributed by atoms with Gasteiger partial charge in [0.15, 0.2) is 0 Å². The highest BCUT2D eigenvalue weighted by Crippen LogP contribution is 2.22. The van der Waals surface area contributed by atoms with Gasteiger partial charge in [0.25, 0.3) is 0 Å². The van der Waals surface area contributed by atoms with Gasteiger partial charge in [-0.15, -0.1) is 11.3 Å². The number of nitrogens with one attached hydrogen (secondary N) is 2. The third-order valence-electron chi connectivity index (χ3n) is 4.70. The summed E-state index contributed by atoms with van der Waals surface area (Å²) >= 11 is 1.31. The molecule has 1 aliphatic rings. The van der Waals surface area contributed by atoms with Crippen molar-refractivity contribution < 1.29 is 18.7 Å². The Labute approximate surface area is 190 Å². The average molecular weight is 469 g/mol. The molecule has 4 rings (SSSR count). The van der Waals surface area contributed by atoms with Crippen molar-refractivity contribution >= 4 is 48.8 Å². The van der Waals surface area contributed by atoms with Crippen LogP contribution in [0.2, 0.25) is 0 Å². The molecule has 0 unspecified atom stereocenters. The molecule has 164 valence electrons. The quantitative estimate of drug-likeness (QED) is 0.405. The molecule has 0 spiro atoms. The van der Waals surface area contributed by atoms with E-state index in [1.807, 2.05) is 31.2 Å². The predicted octanol–water partition coefficient (Wildman–Crippen LogP) is 3.95. The number of aryl methyl sites for hydroxylation is 1. The van der Waals surface area contributed by atoms with Crippen molar-refractivity contribution in [2.24, 2.45) is 4.99 Å². The maximum Gasteiger partial charge on any atom is 0.348 e. The maximum atomic E-state index is 14.0. The van der Waals surface area contributed by atoms with Crippen molar-refractivity contribution in [1.29, 1.82) is 0 Å². The van der Waals surface area contributed by atoms with Crippen LogP contribution in [0, 0.1) is 12.7 Å². The van der Waals surface area contributed by atoms with Gasteiger partial charge in [-0.25, -0.2) is 9.18 Å². The number of ether oxygens (including phenoxy) is 2. The van der Waals surface area contributed by atoms with Crippen molar-refractivity contribution in [3.05, 3.63) is 74.7 Å². The number of hydrogen-bond donors (Lipinski definition) is 2. The van der Waals surface area contributed by atoms with Crippen LogP contribution in [-0.4, -0.2) is 25.2 Å². The summed E-state index contributed by atoms with van der Waals surface area (Å²) in [7, 11) is 4.82. The minimum absolute atomic E-state index is 0.345. The molecule has 9 heteroatoms. The van der Waals surface area contributed by atoms with Crippen LogP contribution >= 0.6 is 20.2 Å². The van der Waals surface area contributed by atoms with Crippen LogP contribution in [-0.2, 0) is 4.74 Å². The van der Waals surface area contributed by atoms with Crippen molar-refractivity contribution in [2.75, 3.05) is 24.3 Å². The lowest BCUT2D eigenvalue weighted by Gasteiger charge is -2.15. The number of nitrogens with zero attached hydrogens (tertiary/aromatic N) is 1. The van der Waals surface area contributed by atoms with E-state index in [1.54, 1.807) is 18.2 Å². The van der Waals surface area contributed by atoms with E-state index in [0.717, 1.165) is 26.9 Å². The second-order valence-corrected chi connectivity index (χ2v) is 8.66. The minimum Gasteiger partial charge on any atom is -0.465 e. The fourth-order valence-corrected chi connectivity index (χ4v) is 4.54. The van der Waals surface area contributed by atoms with E-state index in [9.17, 15) is 9.18 Å². The number of anilines is 2. The summed E-state index contributed by atoms with van der Waals surface area (Å²) in [4.78, 5) is 16.8. The molecule has 3 aromatic rings. The molecule has 0 saturated carbocycles. The molecule has 2 N–H and O–H groups in total. The first-order valence-corrected chi connectivity index (χ1v) is 11.2. The first-order valence-electron chi connectivity index (χ1n) is 9.85. The molecule has 1 aromatic heterocycles. The number of rotatable bonds is 7. The van der Waals surface area contributed by atoms with Gasteiger partial charge in [0.05, 0.1) is 22.7 Å². The number of carbonyl (C=O) groups is 1. The molecule has 0 atom stereocenters. The van der Waals surface area contributed by atoms with Crippen molar-refractivity contribution in [3.63, 3.8) is 0 Å². The summed E-state index contributed by atoms with van der Waals surface area (Å²) < 4.78 is 25.8. The third-order valence-corrected chi connectivity index (χ3v) is 6.09. The van der Waals surface area contributed by atoms with Gasteiger partial charge in [0, 0.05) is 24.7 Å². The van der Waals surface area contributed by atoms with E-state index in [-0.39, 0.29) is 11.8 Å². The number of hydrogen-bond acceptors (Lipinski definition) is 5. The lowest BCUT2D eigenvalue weighted by Crippen LogP contribution is -2.28. The Kier molecular flexibility index (Phi) is 6.53. The highest BCUT2D eigenvalue weighted by molar-refractivity contribution is 7.22. The summed E-state index contributed by atoms with van der Waals surface area (Å²) in [6.45, 7) is 2.48. The Balaban J connectivity index is 1.52. The summed E-state index contributed by atoms with van der Waals surface area (Å²) in [5.74, 6) is 0.659. The molecule has 2 aromatic carbocycles. The van der Waals surface area contributed by atoms with Crippen molar-refractivity contribution in [1.82, 2.24) is 0 Å². The van der Waals surface area contributed by atoms with Gasteiger partial charge >= 0.3 is 5.97 Å². The van der Waals surface area contributed by atoms with Crippen LogP contribution in [0.25, 0.3) is 5.76 Å². The van der Waals surface area contributed by atoms with E-state index in [0.29, 0.717) is 34.8 Å². The Bertz CT molecular complexity index is 1320. The number of fused-ring (bicyclic) bond motifs is 1. The van der Waals surface area contributed by atoms with Crippen LogP contribution in [0.3, 0.4) is 0 Å². The van der Waals surface area contributed by atoms with Gasteiger partial charge in [-0.1, -0.05) is 21.0 Å². The molecular weight excluding hydrogens is 448 g/mol. The SMILES string of the molecule is COC(=O)c1cc2c(s1)=C(Oc1cccc(NC(=P)Nc3cc(C)ccc3F)c1)CCN=2. The standard InChI is InChI=1S/C23H21FN3O3PS/c1-13-6-7-16(24)17(10-13)27-23(31)26-14-4-3-5-15(11-14)30-19-8-9-25-18-12-20(22(28)29-2)32-21(18)19/h3-7,10-12,26-27,31H,8-9H2,1-2H3. The summed E-state index contributed by atoms with van der Waals surface area (Å²) in [5.41, 5.74) is 2.54. The van der Waals surface area contributed by atoms with Crippen LogP contribution in [0.5, 0.6) is 5.75 Å². The molecule has 32 heavy (non-hydrogen) atoms. The number of carbonyl (C=O) groups excluding carboxylic acids is 1. The zero-order chi connectivity index (χ0) is 22.7. The monoisotopic (exact) mass is 469 g/mol. The maximum absolute atomic E-state index is 14.0. The Morgan fingerprint density at radius 3 is 2.84 bits per heavy atom. The second kappa shape index (κ2) is 9.51. The molecular formula is C23H21FN3O3PS. The normalized spacial score (nSPS) is 12.4. The number of halogens is 1. The molecule has 0 fully saturated rings. The van der Waals surface area contributed by atoms with E-state index in [1.165, 1.54) is 24.5 Å². The summed E-state index contributed by atoms with van der Waals surface area (Å²) in [6.07, 6.45) is 0.634. The number of benzene rings is 2. The predicted molar refractivity (Wildman–Crippen MR) is 128 cm³/mol. The van der Waals surface area contributed by atoms with Gasteiger partial charge < -0.3 is 20.1 Å². The highest BCUT2D eigenvalue weighted by atomic mass is 32.1. The van der Waals surface area contributed by atoms with Crippen molar-refractivity contribution in [2.45, 2.75) is 13.3 Å². The first kappa shape index (κ1) is 22.0. The van der Waals surface area contributed by atoms with E-state index >= 15 is 0 Å². The second-order valence-electron chi connectivity index (χ2n) is 7.11. The third kappa shape index (κ3) is 4.98. The number of methoxy groups -OCH3 is 1. The molecule has 1 aliphatic heterocycles. The minimum atomic E-state index is -0.386. The van der Waals surface area contributed by atoms with Gasteiger partial charge in [0.2, 0.25) is 0 Å². The molecule has 0 amide bonds. The summed E-state index contributed by atoms with van der Waals surface area (Å²) in [5, 5.41) is 6.86. The van der Waals surface area contributed by atoms with Crippen LogP contribution < -0.4 is 25.3 Å². The van der Waals surface area contributed by atoms with E-state index in [2.05, 4.69) is 24.5 Å². The average Bonchev–Trinajstić information content (AvgIpc) is 3.21. The fraction of sp³-hybridized carbons (Fsp3) is 0.174. The Hall–Kier alpha value is -3.22. The molecule has 0 aliphatic carbocycles. The highest BCUT2D eigenvalue weighted by Gasteiger charge is 2.16. The fourth-order valence-electron chi connectivity index (χ4n) is 3.21. The van der Waals surface area contributed by atoms with Crippen LogP contribution in [0.15, 0.2) is 53.5 Å². The van der Waals surface area contributed by atoms with E-state index in [4.69, 9.17) is 9.47 Å². The largest absolute Gasteiger partial charge is 0.465 e. The Morgan fingerprint density at radius 2 is 2.03 bits per heavy atom. The number of esters is 1. The van der Waals surface area contributed by atoms with Crippen LogP contribution in [0.1, 0.15) is 21.7 Å². The lowest BCUT2D eigenvalue weighted by atomic mass is 10.2. The smallest absolute Gasteiger partial charge is 0.348 e. The van der Waals surface area contributed by atoms with Crippen LogP contribution in [0.4, 0.5) is 15.8 Å². The summed E-state index contributed by atoms with van der Waals surface area (Å²) in [6, 6.07) is 14.0. The van der Waals surface area contributed by atoms with Gasteiger partial charge in [-0.3, -0.25) is 4.99 Å². The van der Waals surface area contributed by atoms with Gasteiger partial charge in [-0.2, -0.15) is 0 Å². The number of thiophene rings is 1. The van der Waals surface area contributed by atoms with Gasteiger partial charge in [0.1, 0.15) is 27.7 Å².